The van der Waals surface area contributed by atoms with Crippen molar-refractivity contribution in [3.8, 4) is 11.5 Å². The number of carbonyl (C=O) groups excluding carboxylic acids is 1. The van der Waals surface area contributed by atoms with E-state index in [-0.39, 0.29) is 30.4 Å². The lowest BCUT2D eigenvalue weighted by atomic mass is 10.1. The maximum Gasteiger partial charge on any atom is 0.344 e. The van der Waals surface area contributed by atoms with Crippen molar-refractivity contribution >= 4 is 50.5 Å². The van der Waals surface area contributed by atoms with E-state index in [4.69, 9.17) is 14.2 Å². The van der Waals surface area contributed by atoms with Gasteiger partial charge in [0.15, 0.2) is 11.5 Å². The Labute approximate surface area is 226 Å². The number of nitrogens with zero attached hydrogens (tertiary/aromatic N) is 1. The molecule has 1 aliphatic rings. The normalized spacial score (nSPS) is 15.4. The summed E-state index contributed by atoms with van der Waals surface area (Å²) in [6.07, 6.45) is 1.73. The second-order valence-corrected chi connectivity index (χ2v) is 9.63. The van der Waals surface area contributed by atoms with Gasteiger partial charge in [-0.15, -0.1) is 0 Å². The van der Waals surface area contributed by atoms with Crippen molar-refractivity contribution in [2.24, 2.45) is 4.99 Å². The Hall–Kier alpha value is -3.56. The number of aliphatic hydroxyl groups excluding tert-OH is 1. The van der Waals surface area contributed by atoms with Crippen LogP contribution < -0.4 is 9.47 Å². The van der Waals surface area contributed by atoms with Gasteiger partial charge in [0.1, 0.15) is 28.8 Å². The standard InChI is InChI=1S/C28H23BrFNO5S/c1-3-35-28(33)25-26(32)24(37-27(25)31-20-7-5-4-6-8-20)14-18-13-22(34-2)23(15-21(18)29)36-16-17-9-11-19(30)12-10-17/h4-15,32H,3,16H2,1-2H3/b24-14-,31-27?. The quantitative estimate of drug-likeness (QED) is 0.279. The Morgan fingerprint density at radius 2 is 1.84 bits per heavy atom. The molecule has 0 saturated carbocycles. The zero-order valence-corrected chi connectivity index (χ0v) is 22.4. The van der Waals surface area contributed by atoms with Crippen LogP contribution in [0.25, 0.3) is 6.08 Å². The fourth-order valence-corrected chi connectivity index (χ4v) is 4.89. The van der Waals surface area contributed by atoms with Gasteiger partial charge in [-0.05, 0) is 60.5 Å². The summed E-state index contributed by atoms with van der Waals surface area (Å²) in [4.78, 5) is 17.6. The van der Waals surface area contributed by atoms with E-state index in [0.717, 1.165) is 5.56 Å². The average Bonchev–Trinajstić information content (AvgIpc) is 3.19. The number of methoxy groups -OCH3 is 1. The average molecular weight is 584 g/mol. The van der Waals surface area contributed by atoms with Gasteiger partial charge >= 0.3 is 5.97 Å². The molecule has 9 heteroatoms. The van der Waals surface area contributed by atoms with Crippen LogP contribution in [0.15, 0.2) is 92.4 Å². The molecule has 0 spiro atoms. The number of thioether (sulfide) groups is 1. The first-order valence-electron chi connectivity index (χ1n) is 11.3. The van der Waals surface area contributed by atoms with Crippen LogP contribution in [0.1, 0.15) is 18.1 Å². The molecule has 0 atom stereocenters. The molecular formula is C28H23BrFNO5S. The van der Waals surface area contributed by atoms with Crippen LogP contribution in [0, 0.1) is 5.82 Å². The highest BCUT2D eigenvalue weighted by Gasteiger charge is 2.33. The van der Waals surface area contributed by atoms with Crippen LogP contribution in [0.5, 0.6) is 11.5 Å². The lowest BCUT2D eigenvalue weighted by Gasteiger charge is -2.13. The van der Waals surface area contributed by atoms with Crippen molar-refractivity contribution in [1.82, 2.24) is 0 Å². The molecule has 4 rings (SSSR count). The van der Waals surface area contributed by atoms with E-state index < -0.39 is 5.97 Å². The molecule has 0 aromatic heterocycles. The summed E-state index contributed by atoms with van der Waals surface area (Å²) in [5.74, 6) is -0.218. The van der Waals surface area contributed by atoms with E-state index in [1.165, 1.54) is 31.0 Å². The van der Waals surface area contributed by atoms with Crippen LogP contribution in [-0.2, 0) is 16.1 Å². The molecule has 1 aliphatic heterocycles. The van der Waals surface area contributed by atoms with Crippen molar-refractivity contribution in [1.29, 1.82) is 0 Å². The molecule has 0 saturated heterocycles. The highest BCUT2D eigenvalue weighted by Crippen LogP contribution is 2.42. The predicted octanol–water partition coefficient (Wildman–Crippen LogP) is 7.37. The predicted molar refractivity (Wildman–Crippen MR) is 147 cm³/mol. The van der Waals surface area contributed by atoms with Crippen molar-refractivity contribution in [3.05, 3.63) is 104 Å². The molecule has 0 aliphatic carbocycles. The second-order valence-electron chi connectivity index (χ2n) is 7.75. The van der Waals surface area contributed by atoms with Crippen LogP contribution in [0.3, 0.4) is 0 Å². The van der Waals surface area contributed by atoms with E-state index in [9.17, 15) is 14.3 Å². The Morgan fingerprint density at radius 3 is 2.51 bits per heavy atom. The highest BCUT2D eigenvalue weighted by molar-refractivity contribution is 9.10. The molecule has 0 unspecified atom stereocenters. The van der Waals surface area contributed by atoms with Crippen LogP contribution in [0.4, 0.5) is 10.1 Å². The Kier molecular flexibility index (Phi) is 8.68. The Bertz CT molecular complexity index is 1390. The number of rotatable bonds is 8. The summed E-state index contributed by atoms with van der Waals surface area (Å²) >= 11 is 4.72. The molecule has 0 fully saturated rings. The molecule has 0 radical (unpaired) electrons. The zero-order valence-electron chi connectivity index (χ0n) is 20.0. The van der Waals surface area contributed by atoms with Gasteiger partial charge in [0.05, 0.1) is 24.3 Å². The fourth-order valence-electron chi connectivity index (χ4n) is 3.43. The maximum atomic E-state index is 13.2. The molecule has 37 heavy (non-hydrogen) atoms. The van der Waals surface area contributed by atoms with Gasteiger partial charge in [-0.3, -0.25) is 0 Å². The number of carbonyl (C=O) groups is 1. The third-order valence-corrected chi connectivity index (χ3v) is 6.94. The van der Waals surface area contributed by atoms with Crippen molar-refractivity contribution in [2.75, 3.05) is 13.7 Å². The van der Waals surface area contributed by atoms with Gasteiger partial charge in [0.25, 0.3) is 0 Å². The van der Waals surface area contributed by atoms with Crippen LogP contribution in [0.2, 0.25) is 0 Å². The molecule has 1 N–H and O–H groups in total. The summed E-state index contributed by atoms with van der Waals surface area (Å²) < 4.78 is 30.4. The smallest absolute Gasteiger partial charge is 0.344 e. The number of hydrogen-bond acceptors (Lipinski definition) is 7. The molecule has 190 valence electrons. The molecule has 6 nitrogen and oxygen atoms in total. The summed E-state index contributed by atoms with van der Waals surface area (Å²) in [5, 5.41) is 11.3. The van der Waals surface area contributed by atoms with Gasteiger partial charge in [0, 0.05) is 4.47 Å². The van der Waals surface area contributed by atoms with Crippen molar-refractivity contribution in [3.63, 3.8) is 0 Å². The topological polar surface area (TPSA) is 77.4 Å². The van der Waals surface area contributed by atoms with E-state index in [0.29, 0.717) is 37.2 Å². The number of aliphatic hydroxyl groups is 1. The first-order valence-corrected chi connectivity index (χ1v) is 12.9. The van der Waals surface area contributed by atoms with E-state index in [1.807, 2.05) is 18.2 Å². The number of halogens is 2. The Morgan fingerprint density at radius 1 is 1.11 bits per heavy atom. The summed E-state index contributed by atoms with van der Waals surface area (Å²) in [7, 11) is 1.52. The molecule has 3 aromatic rings. The lowest BCUT2D eigenvalue weighted by Crippen LogP contribution is -2.12. The van der Waals surface area contributed by atoms with Crippen molar-refractivity contribution in [2.45, 2.75) is 13.5 Å². The molecule has 0 amide bonds. The number of ether oxygens (including phenoxy) is 3. The second kappa shape index (κ2) is 12.1. The first-order chi connectivity index (χ1) is 17.9. The van der Waals surface area contributed by atoms with Crippen LogP contribution >= 0.6 is 27.7 Å². The Balaban J connectivity index is 1.65. The van der Waals surface area contributed by atoms with Gasteiger partial charge in [-0.2, -0.15) is 0 Å². The molecular weight excluding hydrogens is 561 g/mol. The summed E-state index contributed by atoms with van der Waals surface area (Å²) in [6, 6.07) is 18.7. The van der Waals surface area contributed by atoms with Crippen molar-refractivity contribution < 1.29 is 28.5 Å². The lowest BCUT2D eigenvalue weighted by molar-refractivity contribution is -0.138. The van der Waals surface area contributed by atoms with Gasteiger partial charge in [-0.1, -0.05) is 58.0 Å². The van der Waals surface area contributed by atoms with E-state index in [2.05, 4.69) is 20.9 Å². The van der Waals surface area contributed by atoms with E-state index >= 15 is 0 Å². The van der Waals surface area contributed by atoms with Gasteiger partial charge in [-0.25, -0.2) is 14.2 Å². The minimum absolute atomic E-state index is 0.0179. The molecule has 1 heterocycles. The highest BCUT2D eigenvalue weighted by atomic mass is 79.9. The van der Waals surface area contributed by atoms with E-state index in [1.54, 1.807) is 49.4 Å². The fraction of sp³-hybridized carbons (Fsp3) is 0.143. The zero-order chi connectivity index (χ0) is 26.4. The monoisotopic (exact) mass is 583 g/mol. The van der Waals surface area contributed by atoms with Gasteiger partial charge < -0.3 is 19.3 Å². The minimum atomic E-state index is -0.647. The maximum absolute atomic E-state index is 13.2. The molecule has 3 aromatic carbocycles. The SMILES string of the molecule is CCOC(=O)C1=C(O)/C(=C/c2cc(OC)c(OCc3ccc(F)cc3)cc2Br)SC1=Nc1ccccc1. The number of esters is 1. The number of hydrogen-bond donors (Lipinski definition) is 1. The summed E-state index contributed by atoms with van der Waals surface area (Å²) in [6.45, 7) is 2.09. The summed E-state index contributed by atoms with van der Waals surface area (Å²) in [5.41, 5.74) is 2.15. The number of aliphatic imine (C=N–C) groups is 1. The number of para-hydroxylation sites is 1. The van der Waals surface area contributed by atoms with Crippen LogP contribution in [-0.4, -0.2) is 29.8 Å². The number of benzene rings is 3. The largest absolute Gasteiger partial charge is 0.506 e. The third kappa shape index (κ3) is 6.42. The minimum Gasteiger partial charge on any atom is -0.506 e. The molecule has 0 bridgehead atoms. The third-order valence-electron chi connectivity index (χ3n) is 5.23. The first kappa shape index (κ1) is 26.5. The van der Waals surface area contributed by atoms with Gasteiger partial charge in [0.2, 0.25) is 0 Å².